The van der Waals surface area contributed by atoms with E-state index >= 15 is 0 Å². The highest BCUT2D eigenvalue weighted by Crippen LogP contribution is 2.02. The summed E-state index contributed by atoms with van der Waals surface area (Å²) in [5, 5.41) is 0. The van der Waals surface area contributed by atoms with Gasteiger partial charge in [0.1, 0.15) is 5.82 Å². The van der Waals surface area contributed by atoms with Gasteiger partial charge in [-0.2, -0.15) is 4.98 Å². The minimum absolute atomic E-state index is 0.388. The summed E-state index contributed by atoms with van der Waals surface area (Å²) >= 11 is 0. The zero-order valence-corrected chi connectivity index (χ0v) is 5.83. The van der Waals surface area contributed by atoms with E-state index in [0.717, 1.165) is 6.54 Å². The first-order chi connectivity index (χ1) is 4.74. The number of anilines is 2. The van der Waals surface area contributed by atoms with Gasteiger partial charge in [-0.25, -0.2) is 4.68 Å². The van der Waals surface area contributed by atoms with Crippen LogP contribution in [0.25, 0.3) is 0 Å². The van der Waals surface area contributed by atoms with Crippen LogP contribution in [0.1, 0.15) is 6.92 Å². The van der Waals surface area contributed by atoms with Crippen LogP contribution in [0.15, 0.2) is 6.20 Å². The van der Waals surface area contributed by atoms with Crippen LogP contribution in [0.5, 0.6) is 0 Å². The van der Waals surface area contributed by atoms with Gasteiger partial charge in [-0.1, -0.05) is 0 Å². The number of hydrogen-bond donors (Lipinski definition) is 3. The van der Waals surface area contributed by atoms with Gasteiger partial charge in [-0.05, 0) is 6.92 Å². The van der Waals surface area contributed by atoms with E-state index in [1.165, 1.54) is 0 Å². The SMILES string of the molecule is CCNn1cc(N)nc1N. The van der Waals surface area contributed by atoms with Crippen molar-refractivity contribution in [2.75, 3.05) is 23.4 Å². The molecule has 1 aromatic rings. The topological polar surface area (TPSA) is 81.9 Å². The molecule has 0 saturated heterocycles. The van der Waals surface area contributed by atoms with Gasteiger partial charge >= 0.3 is 0 Å². The molecule has 0 saturated carbocycles. The molecule has 0 aliphatic rings. The summed E-state index contributed by atoms with van der Waals surface area (Å²) in [6.07, 6.45) is 1.64. The van der Waals surface area contributed by atoms with E-state index in [2.05, 4.69) is 10.4 Å². The number of aromatic nitrogens is 2. The van der Waals surface area contributed by atoms with Crippen LogP contribution in [-0.4, -0.2) is 16.2 Å². The lowest BCUT2D eigenvalue weighted by Gasteiger charge is -2.03. The summed E-state index contributed by atoms with van der Waals surface area (Å²) in [6.45, 7) is 2.76. The Morgan fingerprint density at radius 1 is 1.70 bits per heavy atom. The highest BCUT2D eigenvalue weighted by Gasteiger charge is 1.97. The summed E-state index contributed by atoms with van der Waals surface area (Å²) < 4.78 is 1.59. The number of imidazole rings is 1. The third-order valence-corrected chi connectivity index (χ3v) is 1.08. The summed E-state index contributed by atoms with van der Waals surface area (Å²) in [7, 11) is 0. The molecule has 0 radical (unpaired) electrons. The summed E-state index contributed by atoms with van der Waals surface area (Å²) in [4.78, 5) is 3.79. The largest absolute Gasteiger partial charge is 0.382 e. The van der Waals surface area contributed by atoms with E-state index in [4.69, 9.17) is 11.5 Å². The average Bonchev–Trinajstić information content (AvgIpc) is 2.13. The van der Waals surface area contributed by atoms with E-state index in [0.29, 0.717) is 11.8 Å². The molecule has 1 rings (SSSR count). The van der Waals surface area contributed by atoms with E-state index in [1.54, 1.807) is 10.9 Å². The Bertz CT molecular complexity index is 216. The standard InChI is InChI=1S/C5H11N5/c1-2-8-10-3-4(6)9-5(10)7/h3,8H,2,6H2,1H3,(H2,7,9). The molecule has 0 bridgehead atoms. The maximum absolute atomic E-state index is 5.44. The molecule has 56 valence electrons. The molecule has 0 aromatic carbocycles. The second-order valence-corrected chi connectivity index (χ2v) is 1.91. The smallest absolute Gasteiger partial charge is 0.221 e. The third-order valence-electron chi connectivity index (χ3n) is 1.08. The average molecular weight is 141 g/mol. The zero-order chi connectivity index (χ0) is 7.56. The fourth-order valence-corrected chi connectivity index (χ4v) is 0.710. The van der Waals surface area contributed by atoms with E-state index in [1.807, 2.05) is 6.92 Å². The van der Waals surface area contributed by atoms with Gasteiger partial charge in [0.2, 0.25) is 5.95 Å². The first-order valence-corrected chi connectivity index (χ1v) is 3.08. The van der Waals surface area contributed by atoms with Crippen molar-refractivity contribution in [3.8, 4) is 0 Å². The zero-order valence-electron chi connectivity index (χ0n) is 5.83. The first-order valence-electron chi connectivity index (χ1n) is 3.08. The Morgan fingerprint density at radius 2 is 2.40 bits per heavy atom. The lowest BCUT2D eigenvalue weighted by Crippen LogP contribution is -2.15. The van der Waals surface area contributed by atoms with Crippen molar-refractivity contribution in [1.82, 2.24) is 9.66 Å². The number of nitrogens with two attached hydrogens (primary N) is 2. The molecule has 10 heavy (non-hydrogen) atoms. The molecule has 0 spiro atoms. The normalized spacial score (nSPS) is 9.70. The first kappa shape index (κ1) is 6.73. The van der Waals surface area contributed by atoms with Crippen molar-refractivity contribution in [2.24, 2.45) is 0 Å². The molecule has 5 heteroatoms. The predicted molar refractivity (Wildman–Crippen MR) is 41.0 cm³/mol. The number of rotatable bonds is 2. The number of nitrogens with zero attached hydrogens (tertiary/aromatic N) is 2. The maximum atomic E-state index is 5.44. The van der Waals surface area contributed by atoms with Crippen LogP contribution in [0, 0.1) is 0 Å². The van der Waals surface area contributed by atoms with Gasteiger partial charge in [-0.3, -0.25) is 0 Å². The van der Waals surface area contributed by atoms with Gasteiger partial charge in [0, 0.05) is 6.54 Å². The Balaban J connectivity index is 2.81. The van der Waals surface area contributed by atoms with Gasteiger partial charge in [0.25, 0.3) is 0 Å². The second kappa shape index (κ2) is 2.47. The van der Waals surface area contributed by atoms with Crippen molar-refractivity contribution in [3.05, 3.63) is 6.20 Å². The van der Waals surface area contributed by atoms with Crippen molar-refractivity contribution in [3.63, 3.8) is 0 Å². The van der Waals surface area contributed by atoms with E-state index in [-0.39, 0.29) is 0 Å². The Labute approximate surface area is 59.0 Å². The van der Waals surface area contributed by atoms with Crippen LogP contribution in [0.2, 0.25) is 0 Å². The molecule has 5 nitrogen and oxygen atoms in total. The van der Waals surface area contributed by atoms with E-state index < -0.39 is 0 Å². The van der Waals surface area contributed by atoms with E-state index in [9.17, 15) is 0 Å². The second-order valence-electron chi connectivity index (χ2n) is 1.91. The molecular weight excluding hydrogens is 130 g/mol. The van der Waals surface area contributed by atoms with Crippen LogP contribution >= 0.6 is 0 Å². The maximum Gasteiger partial charge on any atom is 0.221 e. The molecule has 0 atom stereocenters. The number of nitrogen functional groups attached to an aromatic ring is 2. The minimum atomic E-state index is 0.388. The summed E-state index contributed by atoms with van der Waals surface area (Å²) in [6, 6.07) is 0. The lowest BCUT2D eigenvalue weighted by atomic mass is 10.8. The van der Waals surface area contributed by atoms with Crippen LogP contribution in [0.4, 0.5) is 11.8 Å². The van der Waals surface area contributed by atoms with Crippen LogP contribution in [0.3, 0.4) is 0 Å². The monoisotopic (exact) mass is 141 g/mol. The summed E-state index contributed by atoms with van der Waals surface area (Å²) in [5.74, 6) is 0.817. The van der Waals surface area contributed by atoms with Gasteiger partial charge in [0.15, 0.2) is 0 Å². The molecule has 0 amide bonds. The predicted octanol–water partition coefficient (Wildman–Crippen LogP) is -0.389. The van der Waals surface area contributed by atoms with Crippen LogP contribution in [-0.2, 0) is 0 Å². The van der Waals surface area contributed by atoms with Crippen molar-refractivity contribution in [2.45, 2.75) is 6.92 Å². The Morgan fingerprint density at radius 3 is 2.80 bits per heavy atom. The molecular formula is C5H11N5. The molecule has 1 heterocycles. The van der Waals surface area contributed by atoms with Crippen molar-refractivity contribution >= 4 is 11.8 Å². The fourth-order valence-electron chi connectivity index (χ4n) is 0.710. The lowest BCUT2D eigenvalue weighted by molar-refractivity contribution is 0.875. The molecule has 0 unspecified atom stereocenters. The van der Waals surface area contributed by atoms with Gasteiger partial charge in [-0.15, -0.1) is 0 Å². The molecule has 0 fully saturated rings. The fraction of sp³-hybridized carbons (Fsp3) is 0.400. The minimum Gasteiger partial charge on any atom is -0.382 e. The van der Waals surface area contributed by atoms with Crippen LogP contribution < -0.4 is 16.9 Å². The van der Waals surface area contributed by atoms with Gasteiger partial charge < -0.3 is 16.9 Å². The molecule has 1 aromatic heterocycles. The van der Waals surface area contributed by atoms with Gasteiger partial charge in [0.05, 0.1) is 6.20 Å². The highest BCUT2D eigenvalue weighted by atomic mass is 15.5. The number of nitrogens with one attached hydrogen (secondary N) is 1. The quantitative estimate of drug-likeness (QED) is 0.524. The number of hydrogen-bond acceptors (Lipinski definition) is 4. The summed E-state index contributed by atoms with van der Waals surface area (Å²) in [5.41, 5.74) is 13.7. The Kier molecular flexibility index (Phi) is 1.66. The molecule has 5 N–H and O–H groups in total. The molecule has 0 aliphatic carbocycles. The highest BCUT2D eigenvalue weighted by molar-refractivity contribution is 5.35. The Hall–Kier alpha value is -1.39. The van der Waals surface area contributed by atoms with Crippen molar-refractivity contribution in [1.29, 1.82) is 0 Å². The molecule has 0 aliphatic heterocycles. The third kappa shape index (κ3) is 1.12. The van der Waals surface area contributed by atoms with Crippen molar-refractivity contribution < 1.29 is 0 Å².